The van der Waals surface area contributed by atoms with Crippen LogP contribution in [-0.2, 0) is 14.3 Å². The largest absolute Gasteiger partial charge is 0.493 e. The van der Waals surface area contributed by atoms with Gasteiger partial charge in [-0.1, -0.05) is 6.07 Å². The highest BCUT2D eigenvalue weighted by Gasteiger charge is 2.16. The van der Waals surface area contributed by atoms with Gasteiger partial charge in [0.2, 0.25) is 5.91 Å². The van der Waals surface area contributed by atoms with Crippen molar-refractivity contribution in [2.75, 3.05) is 26.9 Å². The van der Waals surface area contributed by atoms with Crippen molar-refractivity contribution in [2.24, 2.45) is 0 Å². The molecule has 0 aliphatic rings. The van der Waals surface area contributed by atoms with Crippen molar-refractivity contribution in [3.05, 3.63) is 29.8 Å². The molecule has 6 nitrogen and oxygen atoms in total. The average molecular weight is 363 g/mol. The van der Waals surface area contributed by atoms with E-state index in [0.29, 0.717) is 31.3 Å². The molecule has 0 saturated heterocycles. The first-order valence-electron chi connectivity index (χ1n) is 8.88. The molecule has 0 fully saturated rings. The van der Waals surface area contributed by atoms with Gasteiger partial charge in [-0.15, -0.1) is 0 Å². The molecular formula is C20H29NO5. The zero-order valence-electron chi connectivity index (χ0n) is 16.3. The fraction of sp³-hybridized carbons (Fsp3) is 0.500. The fourth-order valence-electron chi connectivity index (χ4n) is 2.39. The summed E-state index contributed by atoms with van der Waals surface area (Å²) in [5, 5.41) is 0. The third kappa shape index (κ3) is 6.78. The van der Waals surface area contributed by atoms with E-state index in [1.807, 2.05) is 39.0 Å². The number of ether oxygens (including phenoxy) is 3. The summed E-state index contributed by atoms with van der Waals surface area (Å²) in [5.41, 5.74) is 0.827. The van der Waals surface area contributed by atoms with Gasteiger partial charge in [0.1, 0.15) is 0 Å². The van der Waals surface area contributed by atoms with Gasteiger partial charge in [0.05, 0.1) is 26.7 Å². The van der Waals surface area contributed by atoms with Crippen molar-refractivity contribution >= 4 is 18.0 Å². The predicted octanol–water partition coefficient (Wildman–Crippen LogP) is 3.30. The van der Waals surface area contributed by atoms with Crippen molar-refractivity contribution in [1.29, 1.82) is 0 Å². The minimum absolute atomic E-state index is 0.0172. The van der Waals surface area contributed by atoms with E-state index in [0.717, 1.165) is 5.56 Å². The number of hydrogen-bond donors (Lipinski definition) is 0. The second-order valence-electron chi connectivity index (χ2n) is 5.86. The topological polar surface area (TPSA) is 65.1 Å². The Labute approximate surface area is 155 Å². The third-order valence-corrected chi connectivity index (χ3v) is 3.67. The maximum absolute atomic E-state index is 12.5. The van der Waals surface area contributed by atoms with Crippen molar-refractivity contribution in [3.63, 3.8) is 0 Å². The molecule has 1 rings (SSSR count). The predicted molar refractivity (Wildman–Crippen MR) is 101 cm³/mol. The summed E-state index contributed by atoms with van der Waals surface area (Å²) >= 11 is 0. The lowest BCUT2D eigenvalue weighted by Crippen LogP contribution is -2.37. The van der Waals surface area contributed by atoms with E-state index in [4.69, 9.17) is 14.2 Å². The molecule has 144 valence electrons. The lowest BCUT2D eigenvalue weighted by atomic mass is 10.1. The number of carbonyl (C=O) groups is 2. The van der Waals surface area contributed by atoms with E-state index in [9.17, 15) is 9.59 Å². The highest BCUT2D eigenvalue weighted by molar-refractivity contribution is 5.92. The Hall–Kier alpha value is -2.50. The number of hydrogen-bond acceptors (Lipinski definition) is 5. The third-order valence-electron chi connectivity index (χ3n) is 3.67. The van der Waals surface area contributed by atoms with Crippen molar-refractivity contribution in [2.45, 2.75) is 40.2 Å². The maximum Gasteiger partial charge on any atom is 0.307 e. The standard InChI is InChI=1S/C20H29NO5/c1-6-25-17-10-8-16(14-18(17)24-5)9-11-19(22)21(15(3)4)13-12-20(23)26-7-2/h8-11,14-15H,6-7,12-13H2,1-5H3/b11-9+. The molecule has 0 heterocycles. The molecule has 26 heavy (non-hydrogen) atoms. The Bertz CT molecular complexity index is 625. The van der Waals surface area contributed by atoms with Gasteiger partial charge in [0.25, 0.3) is 0 Å². The number of benzene rings is 1. The van der Waals surface area contributed by atoms with Crippen LogP contribution in [0.25, 0.3) is 6.08 Å². The SMILES string of the molecule is CCOC(=O)CCN(C(=O)/C=C/c1ccc(OCC)c(OC)c1)C(C)C. The van der Waals surface area contributed by atoms with Crippen LogP contribution in [0.1, 0.15) is 39.7 Å². The highest BCUT2D eigenvalue weighted by Crippen LogP contribution is 2.28. The Morgan fingerprint density at radius 3 is 2.46 bits per heavy atom. The monoisotopic (exact) mass is 363 g/mol. The Morgan fingerprint density at radius 1 is 1.15 bits per heavy atom. The molecule has 0 spiro atoms. The second-order valence-corrected chi connectivity index (χ2v) is 5.86. The molecule has 0 saturated carbocycles. The van der Waals surface area contributed by atoms with Crippen molar-refractivity contribution in [3.8, 4) is 11.5 Å². The van der Waals surface area contributed by atoms with Gasteiger partial charge in [0, 0.05) is 18.7 Å². The molecule has 0 aliphatic heterocycles. The average Bonchev–Trinajstić information content (AvgIpc) is 2.61. The maximum atomic E-state index is 12.5. The van der Waals surface area contributed by atoms with E-state index < -0.39 is 0 Å². The highest BCUT2D eigenvalue weighted by atomic mass is 16.5. The first kappa shape index (κ1) is 21.5. The summed E-state index contributed by atoms with van der Waals surface area (Å²) in [5.74, 6) is 0.824. The summed E-state index contributed by atoms with van der Waals surface area (Å²) in [4.78, 5) is 25.6. The first-order chi connectivity index (χ1) is 12.4. The zero-order chi connectivity index (χ0) is 19.5. The van der Waals surface area contributed by atoms with E-state index in [1.54, 1.807) is 25.0 Å². The Morgan fingerprint density at radius 2 is 1.88 bits per heavy atom. The van der Waals surface area contributed by atoms with Crippen LogP contribution in [0.5, 0.6) is 11.5 Å². The quantitative estimate of drug-likeness (QED) is 0.471. The van der Waals surface area contributed by atoms with Gasteiger partial charge < -0.3 is 19.1 Å². The molecule has 0 bridgehead atoms. The van der Waals surface area contributed by atoms with E-state index in [-0.39, 0.29) is 24.3 Å². The molecule has 1 aromatic rings. The second kappa shape index (κ2) is 11.2. The van der Waals surface area contributed by atoms with E-state index in [1.165, 1.54) is 6.08 Å². The van der Waals surface area contributed by atoms with Crippen molar-refractivity contribution < 1.29 is 23.8 Å². The number of esters is 1. The summed E-state index contributed by atoms with van der Waals surface area (Å²) < 4.78 is 15.7. The summed E-state index contributed by atoms with van der Waals surface area (Å²) in [7, 11) is 1.58. The normalized spacial score (nSPS) is 10.8. The van der Waals surface area contributed by atoms with Crippen LogP contribution in [0.3, 0.4) is 0 Å². The van der Waals surface area contributed by atoms with Crippen molar-refractivity contribution in [1.82, 2.24) is 4.90 Å². The minimum atomic E-state index is -0.300. The van der Waals surface area contributed by atoms with Crippen LogP contribution in [0, 0.1) is 0 Å². The first-order valence-corrected chi connectivity index (χ1v) is 8.88. The van der Waals surface area contributed by atoms with Crippen LogP contribution >= 0.6 is 0 Å². The van der Waals surface area contributed by atoms with Crippen LogP contribution in [0.4, 0.5) is 0 Å². The van der Waals surface area contributed by atoms with Gasteiger partial charge >= 0.3 is 5.97 Å². The Balaban J connectivity index is 2.80. The molecule has 1 amide bonds. The number of nitrogens with zero attached hydrogens (tertiary/aromatic N) is 1. The molecule has 0 aliphatic carbocycles. The summed E-state index contributed by atoms with van der Waals surface area (Å²) in [6, 6.07) is 5.47. The number of methoxy groups -OCH3 is 1. The molecular weight excluding hydrogens is 334 g/mol. The molecule has 0 N–H and O–H groups in total. The van der Waals surface area contributed by atoms with Crippen LogP contribution in [0.15, 0.2) is 24.3 Å². The van der Waals surface area contributed by atoms with E-state index >= 15 is 0 Å². The number of amides is 1. The van der Waals surface area contributed by atoms with Gasteiger partial charge in [-0.3, -0.25) is 9.59 Å². The molecule has 0 unspecified atom stereocenters. The van der Waals surface area contributed by atoms with Crippen LogP contribution in [-0.4, -0.2) is 49.7 Å². The summed E-state index contributed by atoms with van der Waals surface area (Å²) in [6.07, 6.45) is 3.41. The molecule has 0 atom stereocenters. The molecule has 0 radical (unpaired) electrons. The zero-order valence-corrected chi connectivity index (χ0v) is 16.3. The molecule has 0 aromatic heterocycles. The smallest absolute Gasteiger partial charge is 0.307 e. The van der Waals surface area contributed by atoms with E-state index in [2.05, 4.69) is 0 Å². The van der Waals surface area contributed by atoms with Gasteiger partial charge in [-0.05, 0) is 51.5 Å². The van der Waals surface area contributed by atoms with Gasteiger partial charge in [-0.2, -0.15) is 0 Å². The fourth-order valence-corrected chi connectivity index (χ4v) is 2.39. The van der Waals surface area contributed by atoms with Gasteiger partial charge in [-0.25, -0.2) is 0 Å². The minimum Gasteiger partial charge on any atom is -0.493 e. The lowest BCUT2D eigenvalue weighted by Gasteiger charge is -2.25. The molecule has 6 heteroatoms. The lowest BCUT2D eigenvalue weighted by molar-refractivity contribution is -0.144. The number of rotatable bonds is 10. The van der Waals surface area contributed by atoms with Gasteiger partial charge in [0.15, 0.2) is 11.5 Å². The van der Waals surface area contributed by atoms with Crippen LogP contribution in [0.2, 0.25) is 0 Å². The Kier molecular flexibility index (Phi) is 9.26. The summed E-state index contributed by atoms with van der Waals surface area (Å²) in [6.45, 7) is 8.71. The van der Waals surface area contributed by atoms with Crippen LogP contribution < -0.4 is 9.47 Å². The molecule has 1 aromatic carbocycles. The number of carbonyl (C=O) groups excluding carboxylic acids is 2.